The average molecular weight is 296 g/mol. The van der Waals surface area contributed by atoms with Crippen LogP contribution in [0.15, 0.2) is 53.2 Å². The van der Waals surface area contributed by atoms with Crippen LogP contribution in [0.5, 0.6) is 0 Å². The first-order chi connectivity index (χ1) is 10.8. The third kappa shape index (κ3) is 3.86. The van der Waals surface area contributed by atoms with Crippen molar-refractivity contribution in [1.29, 1.82) is 0 Å². The summed E-state index contributed by atoms with van der Waals surface area (Å²) in [4.78, 5) is 14.1. The fourth-order valence-corrected chi connectivity index (χ4v) is 2.69. The van der Waals surface area contributed by atoms with E-state index in [1.54, 1.807) is 18.4 Å². The molecule has 2 aromatic rings. The monoisotopic (exact) mass is 296 g/mol. The number of rotatable bonds is 5. The Bertz CT molecular complexity index is 647. The highest BCUT2D eigenvalue weighted by atomic mass is 16.3. The van der Waals surface area contributed by atoms with Crippen LogP contribution in [0.4, 0.5) is 0 Å². The van der Waals surface area contributed by atoms with Crippen molar-refractivity contribution in [2.24, 2.45) is 0 Å². The zero-order chi connectivity index (χ0) is 15.2. The first kappa shape index (κ1) is 14.6. The van der Waals surface area contributed by atoms with Gasteiger partial charge in [0.25, 0.3) is 0 Å². The van der Waals surface area contributed by atoms with Crippen LogP contribution in [0.25, 0.3) is 6.08 Å². The van der Waals surface area contributed by atoms with E-state index in [1.807, 2.05) is 6.07 Å². The van der Waals surface area contributed by atoms with Gasteiger partial charge in [0.1, 0.15) is 5.76 Å². The molecule has 2 heterocycles. The molecule has 1 aromatic carbocycles. The molecular weight excluding hydrogens is 276 g/mol. The van der Waals surface area contributed by atoms with Gasteiger partial charge in [-0.15, -0.1) is 0 Å². The molecule has 0 saturated heterocycles. The van der Waals surface area contributed by atoms with Crippen LogP contribution in [0.3, 0.4) is 0 Å². The first-order valence-electron chi connectivity index (χ1n) is 7.60. The summed E-state index contributed by atoms with van der Waals surface area (Å²) in [5.41, 5.74) is 2.85. The molecule has 1 aliphatic rings. The fraction of sp³-hybridized carbons (Fsp3) is 0.278. The number of hydrogen-bond donors (Lipinski definition) is 1. The number of carbonyl (C=O) groups excluding carboxylic acids is 1. The van der Waals surface area contributed by atoms with Crippen molar-refractivity contribution >= 4 is 12.0 Å². The lowest BCUT2D eigenvalue weighted by atomic mass is 10.00. The minimum atomic E-state index is -0.0891. The summed E-state index contributed by atoms with van der Waals surface area (Å²) in [5.74, 6) is 0.594. The molecule has 3 rings (SSSR count). The van der Waals surface area contributed by atoms with Crippen molar-refractivity contribution in [3.63, 3.8) is 0 Å². The van der Waals surface area contributed by atoms with Gasteiger partial charge in [-0.3, -0.25) is 9.69 Å². The maximum Gasteiger partial charge on any atom is 0.244 e. The highest BCUT2D eigenvalue weighted by Gasteiger charge is 2.14. The van der Waals surface area contributed by atoms with Crippen LogP contribution >= 0.6 is 0 Å². The topological polar surface area (TPSA) is 45.5 Å². The molecular formula is C18H20N2O2. The molecule has 0 fully saturated rings. The van der Waals surface area contributed by atoms with E-state index in [-0.39, 0.29) is 5.91 Å². The first-order valence-corrected chi connectivity index (χ1v) is 7.60. The lowest BCUT2D eigenvalue weighted by molar-refractivity contribution is -0.116. The molecule has 0 spiro atoms. The van der Waals surface area contributed by atoms with Crippen molar-refractivity contribution in [1.82, 2.24) is 10.2 Å². The number of hydrogen-bond acceptors (Lipinski definition) is 3. The van der Waals surface area contributed by atoms with Crippen molar-refractivity contribution in [2.45, 2.75) is 13.0 Å². The smallest absolute Gasteiger partial charge is 0.244 e. The molecule has 0 radical (unpaired) electrons. The maximum atomic E-state index is 11.7. The summed E-state index contributed by atoms with van der Waals surface area (Å²) in [5, 5.41) is 2.91. The molecule has 1 amide bonds. The molecule has 0 saturated carbocycles. The lowest BCUT2D eigenvalue weighted by Gasteiger charge is -2.28. The van der Waals surface area contributed by atoms with Gasteiger partial charge in [-0.1, -0.05) is 24.3 Å². The Labute approximate surface area is 130 Å². The van der Waals surface area contributed by atoms with Crippen LogP contribution in [0.2, 0.25) is 0 Å². The minimum Gasteiger partial charge on any atom is -0.465 e. The van der Waals surface area contributed by atoms with E-state index < -0.39 is 0 Å². The van der Waals surface area contributed by atoms with Gasteiger partial charge >= 0.3 is 0 Å². The van der Waals surface area contributed by atoms with E-state index in [4.69, 9.17) is 4.42 Å². The second-order valence-corrected chi connectivity index (χ2v) is 5.43. The number of carbonyl (C=O) groups is 1. The standard InChI is InChI=1S/C18H20N2O2/c21-18(8-7-17-6-3-13-22-17)19-10-12-20-11-9-15-4-1-2-5-16(15)14-20/h1-8,13H,9-12,14H2,(H,19,21). The normalized spacial score (nSPS) is 14.9. The predicted octanol–water partition coefficient (Wildman–Crippen LogP) is 2.47. The summed E-state index contributed by atoms with van der Waals surface area (Å²) < 4.78 is 5.14. The quantitative estimate of drug-likeness (QED) is 0.862. The largest absolute Gasteiger partial charge is 0.465 e. The zero-order valence-corrected chi connectivity index (χ0v) is 12.5. The molecule has 1 N–H and O–H groups in total. The Morgan fingerprint density at radius 1 is 1.23 bits per heavy atom. The average Bonchev–Trinajstić information content (AvgIpc) is 3.06. The molecule has 1 aliphatic heterocycles. The highest BCUT2D eigenvalue weighted by Crippen LogP contribution is 2.17. The molecule has 0 bridgehead atoms. The fourth-order valence-electron chi connectivity index (χ4n) is 2.69. The number of benzene rings is 1. The highest BCUT2D eigenvalue weighted by molar-refractivity contribution is 5.91. The Kier molecular flexibility index (Phi) is 4.71. The second kappa shape index (κ2) is 7.09. The summed E-state index contributed by atoms with van der Waals surface area (Å²) >= 11 is 0. The summed E-state index contributed by atoms with van der Waals surface area (Å²) in [6.07, 6.45) is 5.85. The Hall–Kier alpha value is -2.33. The number of fused-ring (bicyclic) bond motifs is 1. The summed E-state index contributed by atoms with van der Waals surface area (Å²) in [6, 6.07) is 12.2. The van der Waals surface area contributed by atoms with Gasteiger partial charge in [0.2, 0.25) is 5.91 Å². The predicted molar refractivity (Wildman–Crippen MR) is 86.2 cm³/mol. The van der Waals surface area contributed by atoms with Crippen LogP contribution in [-0.4, -0.2) is 30.4 Å². The van der Waals surface area contributed by atoms with Gasteiger partial charge in [0.15, 0.2) is 0 Å². The van der Waals surface area contributed by atoms with Gasteiger partial charge in [-0.25, -0.2) is 0 Å². The molecule has 114 valence electrons. The van der Waals surface area contributed by atoms with Crippen molar-refractivity contribution in [2.75, 3.05) is 19.6 Å². The summed E-state index contributed by atoms with van der Waals surface area (Å²) in [7, 11) is 0. The van der Waals surface area contributed by atoms with Gasteiger partial charge in [0.05, 0.1) is 6.26 Å². The van der Waals surface area contributed by atoms with Gasteiger partial charge in [-0.05, 0) is 35.8 Å². The van der Waals surface area contributed by atoms with Crippen LogP contribution in [-0.2, 0) is 17.8 Å². The number of furan rings is 1. The second-order valence-electron chi connectivity index (χ2n) is 5.43. The van der Waals surface area contributed by atoms with Crippen LogP contribution < -0.4 is 5.32 Å². The van der Waals surface area contributed by atoms with Crippen LogP contribution in [0.1, 0.15) is 16.9 Å². The SMILES string of the molecule is O=C(C=Cc1ccco1)NCCN1CCc2ccccc2C1. The van der Waals surface area contributed by atoms with Crippen LogP contribution in [0, 0.1) is 0 Å². The maximum absolute atomic E-state index is 11.7. The van der Waals surface area contributed by atoms with Gasteiger partial charge in [0, 0.05) is 32.3 Å². The Morgan fingerprint density at radius 2 is 2.09 bits per heavy atom. The lowest BCUT2D eigenvalue weighted by Crippen LogP contribution is -2.37. The number of nitrogens with one attached hydrogen (secondary N) is 1. The molecule has 0 unspecified atom stereocenters. The van der Waals surface area contributed by atoms with Crippen molar-refractivity contribution in [3.8, 4) is 0 Å². The van der Waals surface area contributed by atoms with E-state index in [0.717, 1.165) is 26.1 Å². The molecule has 1 aromatic heterocycles. The van der Waals surface area contributed by atoms with Crippen molar-refractivity contribution in [3.05, 3.63) is 65.6 Å². The third-order valence-electron chi connectivity index (χ3n) is 3.88. The zero-order valence-electron chi connectivity index (χ0n) is 12.5. The van der Waals surface area contributed by atoms with Crippen molar-refractivity contribution < 1.29 is 9.21 Å². The number of amides is 1. The van der Waals surface area contributed by atoms with E-state index >= 15 is 0 Å². The molecule has 4 nitrogen and oxygen atoms in total. The van der Waals surface area contributed by atoms with Gasteiger partial charge < -0.3 is 9.73 Å². The Balaban J connectivity index is 1.41. The van der Waals surface area contributed by atoms with E-state index in [1.165, 1.54) is 17.2 Å². The number of nitrogens with zero attached hydrogens (tertiary/aromatic N) is 1. The van der Waals surface area contributed by atoms with E-state index in [9.17, 15) is 4.79 Å². The van der Waals surface area contributed by atoms with E-state index in [0.29, 0.717) is 12.3 Å². The third-order valence-corrected chi connectivity index (χ3v) is 3.88. The van der Waals surface area contributed by atoms with Gasteiger partial charge in [-0.2, -0.15) is 0 Å². The summed E-state index contributed by atoms with van der Waals surface area (Å²) in [6.45, 7) is 3.54. The molecule has 22 heavy (non-hydrogen) atoms. The minimum absolute atomic E-state index is 0.0891. The molecule has 0 aliphatic carbocycles. The molecule has 0 atom stereocenters. The molecule has 4 heteroatoms. The Morgan fingerprint density at radius 3 is 2.91 bits per heavy atom. The van der Waals surface area contributed by atoms with E-state index in [2.05, 4.69) is 34.5 Å².